The van der Waals surface area contributed by atoms with Crippen molar-refractivity contribution < 1.29 is 48.1 Å². The van der Waals surface area contributed by atoms with Crippen molar-refractivity contribution in [2.45, 2.75) is 156 Å². The number of likely N-dealkylation sites (N-methyl/N-ethyl adjacent to an activating group) is 2. The minimum atomic E-state index is -0.989. The van der Waals surface area contributed by atoms with Crippen LogP contribution in [0.4, 0.5) is 5.69 Å². The Morgan fingerprint density at radius 2 is 1.51 bits per heavy atom. The summed E-state index contributed by atoms with van der Waals surface area (Å²) in [7, 11) is 8.57. The number of hydrogen-bond donors (Lipinski definition) is 3. The predicted octanol–water partition coefficient (Wildman–Crippen LogP) is 7.12. The number of carbonyl (C=O) groups excluding carboxylic acids is 7. The molecule has 4 unspecified atom stereocenters. The number of rotatable bonds is 28. The van der Waals surface area contributed by atoms with Gasteiger partial charge in [-0.3, -0.25) is 38.5 Å². The molecule has 1 aromatic carbocycles. The van der Waals surface area contributed by atoms with Gasteiger partial charge in [0.2, 0.25) is 17.7 Å². The van der Waals surface area contributed by atoms with Gasteiger partial charge in [-0.15, -0.1) is 23.5 Å². The number of carbonyl (C=O) groups is 7. The molecule has 0 aliphatic carbocycles. The lowest BCUT2D eigenvalue weighted by Crippen LogP contribution is -2.54. The van der Waals surface area contributed by atoms with E-state index in [1.807, 2.05) is 60.5 Å². The fourth-order valence-electron chi connectivity index (χ4n) is 9.16. The van der Waals surface area contributed by atoms with Crippen LogP contribution >= 0.6 is 23.5 Å². The first-order chi connectivity index (χ1) is 32.3. The van der Waals surface area contributed by atoms with Gasteiger partial charge in [-0.2, -0.15) is 0 Å². The van der Waals surface area contributed by atoms with Crippen molar-refractivity contribution in [3.63, 3.8) is 0 Å². The zero-order valence-corrected chi connectivity index (χ0v) is 45.6. The lowest BCUT2D eigenvalue weighted by atomic mass is 9.82. The maximum atomic E-state index is 14.4. The molecule has 3 rings (SSSR count). The third-order valence-corrected chi connectivity index (χ3v) is 16.9. The Morgan fingerprint density at radius 1 is 0.870 bits per heavy atom. The first-order valence-corrected chi connectivity index (χ1v) is 26.6. The van der Waals surface area contributed by atoms with Crippen molar-refractivity contribution in [1.29, 1.82) is 0 Å². The lowest BCUT2D eigenvalue weighted by molar-refractivity contribution is -0.149. The van der Waals surface area contributed by atoms with E-state index < -0.39 is 59.6 Å². The molecule has 17 heteroatoms. The molecular formula is C52H83N5O10S2. The molecule has 15 nitrogen and oxygen atoms in total. The maximum absolute atomic E-state index is 14.4. The van der Waals surface area contributed by atoms with E-state index in [-0.39, 0.29) is 84.5 Å². The number of benzene rings is 1. The number of nitrogens with zero attached hydrogens (tertiary/aromatic N) is 3. The number of ether oxygens (including phenoxy) is 2. The van der Waals surface area contributed by atoms with E-state index in [1.54, 1.807) is 88.4 Å². The second-order valence-corrected chi connectivity index (χ2v) is 22.6. The molecule has 0 radical (unpaired) electrons. The van der Waals surface area contributed by atoms with E-state index in [0.717, 1.165) is 17.9 Å². The normalized spacial score (nSPS) is 19.7. The zero-order valence-electron chi connectivity index (χ0n) is 44.0. The molecule has 3 N–H and O–H groups in total. The molecule has 2 aliphatic rings. The Hall–Kier alpha value is -3.61. The smallest absolute Gasteiger partial charge is 0.258 e. The van der Waals surface area contributed by atoms with Gasteiger partial charge in [-0.25, -0.2) is 0 Å². The first kappa shape index (κ1) is 59.7. The summed E-state index contributed by atoms with van der Waals surface area (Å²) >= 11 is 2.95. The van der Waals surface area contributed by atoms with E-state index in [0.29, 0.717) is 29.1 Å². The molecule has 0 spiro atoms. The van der Waals surface area contributed by atoms with Crippen LogP contribution in [0.1, 0.15) is 126 Å². The molecule has 11 atom stereocenters. The molecule has 0 bridgehead atoms. The fraction of sp³-hybridized carbons (Fsp3) is 0.712. The minimum absolute atomic E-state index is 0.0135. The average Bonchev–Trinajstić information content (AvgIpc) is 4.04. The van der Waals surface area contributed by atoms with Crippen molar-refractivity contribution in [1.82, 2.24) is 20.0 Å². The summed E-state index contributed by atoms with van der Waals surface area (Å²) < 4.78 is 12.1. The van der Waals surface area contributed by atoms with Crippen LogP contribution in [0.5, 0.6) is 0 Å². The van der Waals surface area contributed by atoms with E-state index in [9.17, 15) is 38.7 Å². The third kappa shape index (κ3) is 15.9. The van der Waals surface area contributed by atoms with Crippen LogP contribution in [0.15, 0.2) is 34.6 Å². The summed E-state index contributed by atoms with van der Waals surface area (Å²) in [6.07, 6.45) is -0.00413. The zero-order chi connectivity index (χ0) is 52.1. The van der Waals surface area contributed by atoms with Gasteiger partial charge < -0.3 is 35.0 Å². The van der Waals surface area contributed by atoms with Gasteiger partial charge in [-0.05, 0) is 88.6 Å². The highest BCUT2D eigenvalue weighted by Gasteiger charge is 2.44. The quantitative estimate of drug-likeness (QED) is 0.0770. The molecule has 1 saturated heterocycles. The fourth-order valence-corrected chi connectivity index (χ4v) is 11.1. The van der Waals surface area contributed by atoms with E-state index in [1.165, 1.54) is 23.5 Å². The SMILES string of the molecule is CCC(C)[C@@H](C(CC(=O)N1CCC[C@H]1[C@H](OC)[C@@H](C)C(=O)C[C@H](C)[C@@H](O)c1ccc(NC(=O)C(C)CC(=O)C(C)NC(=O)C2=CSCS2)cc1)OC)N(C)C(=O)[C@@H](CC(=O)C(C)(C)N(C)C)C(C)C. The highest BCUT2D eigenvalue weighted by Crippen LogP contribution is 2.34. The van der Waals surface area contributed by atoms with Crippen LogP contribution in [-0.4, -0.2) is 144 Å². The summed E-state index contributed by atoms with van der Waals surface area (Å²) in [5, 5.41) is 19.4. The highest BCUT2D eigenvalue weighted by molar-refractivity contribution is 8.22. The molecule has 4 amide bonds. The molecule has 388 valence electrons. The van der Waals surface area contributed by atoms with Gasteiger partial charge in [0.25, 0.3) is 5.91 Å². The average molecular weight is 1000 g/mol. The molecule has 69 heavy (non-hydrogen) atoms. The van der Waals surface area contributed by atoms with Crippen LogP contribution in [0.2, 0.25) is 0 Å². The number of amides is 4. The summed E-state index contributed by atoms with van der Waals surface area (Å²) in [5.74, 6) is -3.73. The van der Waals surface area contributed by atoms with E-state index >= 15 is 0 Å². The largest absolute Gasteiger partial charge is 0.388 e. The summed E-state index contributed by atoms with van der Waals surface area (Å²) in [4.78, 5) is 100. The van der Waals surface area contributed by atoms with Crippen molar-refractivity contribution in [2.24, 2.45) is 35.5 Å². The number of aliphatic hydroxyl groups excluding tert-OH is 1. The number of anilines is 1. The highest BCUT2D eigenvalue weighted by atomic mass is 32.2. The summed E-state index contributed by atoms with van der Waals surface area (Å²) in [5.41, 5.74) is 0.307. The van der Waals surface area contributed by atoms with Gasteiger partial charge in [0.15, 0.2) is 11.6 Å². The second kappa shape index (κ2) is 27.3. The van der Waals surface area contributed by atoms with Crippen LogP contribution in [0.25, 0.3) is 0 Å². The van der Waals surface area contributed by atoms with Gasteiger partial charge >= 0.3 is 0 Å². The molecule has 2 aliphatic heterocycles. The Bertz CT molecular complexity index is 1960. The van der Waals surface area contributed by atoms with E-state index in [4.69, 9.17) is 9.47 Å². The molecule has 0 saturated carbocycles. The molecule has 1 fully saturated rings. The van der Waals surface area contributed by atoms with Crippen LogP contribution < -0.4 is 10.6 Å². The number of nitrogens with one attached hydrogen (secondary N) is 2. The second-order valence-electron chi connectivity index (χ2n) is 20.4. The minimum Gasteiger partial charge on any atom is -0.388 e. The van der Waals surface area contributed by atoms with Crippen molar-refractivity contribution >= 4 is 70.2 Å². The van der Waals surface area contributed by atoms with Gasteiger partial charge in [0.1, 0.15) is 5.78 Å². The topological polar surface area (TPSA) is 192 Å². The van der Waals surface area contributed by atoms with E-state index in [2.05, 4.69) is 10.6 Å². The van der Waals surface area contributed by atoms with Crippen LogP contribution in [0, 0.1) is 35.5 Å². The van der Waals surface area contributed by atoms with Gasteiger partial charge in [0.05, 0.1) is 53.3 Å². The Kier molecular flexibility index (Phi) is 23.6. The monoisotopic (exact) mass is 1000 g/mol. The Labute approximate surface area is 420 Å². The number of methoxy groups -OCH3 is 2. The Morgan fingerprint density at radius 3 is 2.04 bits per heavy atom. The number of aliphatic hydroxyl groups is 1. The molecule has 2 heterocycles. The van der Waals surface area contributed by atoms with Crippen molar-refractivity contribution in [3.05, 3.63) is 40.1 Å². The number of ketones is 3. The molecule has 1 aromatic rings. The lowest BCUT2D eigenvalue weighted by Gasteiger charge is -2.41. The van der Waals surface area contributed by atoms with Crippen molar-refractivity contribution in [2.75, 3.05) is 52.3 Å². The third-order valence-electron chi connectivity index (χ3n) is 14.7. The van der Waals surface area contributed by atoms with Crippen LogP contribution in [-0.2, 0) is 43.0 Å². The molecule has 0 aromatic heterocycles. The Balaban J connectivity index is 1.64. The number of thioether (sulfide) groups is 2. The predicted molar refractivity (Wildman–Crippen MR) is 275 cm³/mol. The number of Topliss-reactive ketones (excluding diaryl/α,β-unsaturated/α-hetero) is 3. The number of hydrogen-bond acceptors (Lipinski definition) is 13. The van der Waals surface area contributed by atoms with Crippen molar-refractivity contribution in [3.8, 4) is 0 Å². The van der Waals surface area contributed by atoms with Gasteiger partial charge in [-0.1, -0.05) is 67.0 Å². The number of likely N-dealkylation sites (tertiary alicyclic amines) is 1. The first-order valence-electron chi connectivity index (χ1n) is 24.5. The standard InChI is InChI=1S/C52H83N5O10S2/c1-16-31(4)46(56(13)51(65)38(30(2)3)26-44(60)52(9,10)55(11)12)42(66-14)27-45(61)57-23-17-18-39(57)48(67-15)34(7)40(58)24-32(5)47(62)36-19-21-37(22-20-36)54-49(63)33(6)25-41(59)35(8)53-50(64)43-28-68-29-69-43/h19-22,28,30-35,38-39,42,46-48,62H,16-18,23-27,29H2,1-15H3,(H,53,64)(H,54,63)/t31?,32-,33?,34-,35?,38-,39-,42?,46-,47+,48+/m0/s1. The summed E-state index contributed by atoms with van der Waals surface area (Å²) in [6.45, 7) is 19.1. The maximum Gasteiger partial charge on any atom is 0.258 e. The summed E-state index contributed by atoms with van der Waals surface area (Å²) in [6, 6.07) is 5.15. The van der Waals surface area contributed by atoms with Crippen LogP contribution in [0.3, 0.4) is 0 Å². The molecular weight excluding hydrogens is 919 g/mol. The van der Waals surface area contributed by atoms with Gasteiger partial charge in [0, 0.05) is 75.6 Å².